The minimum atomic E-state index is -3.18. The van der Waals surface area contributed by atoms with Crippen LogP contribution in [0.4, 0.5) is 0 Å². The van der Waals surface area contributed by atoms with Gasteiger partial charge in [0.25, 0.3) is 0 Å². The highest BCUT2D eigenvalue weighted by molar-refractivity contribution is 7.94. The minimum absolute atomic E-state index is 0.243. The Morgan fingerprint density at radius 2 is 2.21 bits per heavy atom. The molecule has 1 heterocycles. The van der Waals surface area contributed by atoms with Gasteiger partial charge in [0.05, 0.1) is 4.75 Å². The molecule has 1 aliphatic carbocycles. The summed E-state index contributed by atoms with van der Waals surface area (Å²) in [6, 6.07) is 3.43. The van der Waals surface area contributed by atoms with Crippen LogP contribution >= 0.6 is 11.3 Å². The lowest BCUT2D eigenvalue weighted by Gasteiger charge is -2.39. The van der Waals surface area contributed by atoms with Crippen molar-refractivity contribution in [1.29, 1.82) is 0 Å². The predicted molar refractivity (Wildman–Crippen MR) is 57.1 cm³/mol. The molecule has 2 N–H and O–H groups in total. The van der Waals surface area contributed by atoms with Crippen LogP contribution in [0.1, 0.15) is 19.3 Å². The van der Waals surface area contributed by atoms with E-state index in [1.54, 1.807) is 17.5 Å². The lowest BCUT2D eigenvalue weighted by Crippen LogP contribution is -2.50. The van der Waals surface area contributed by atoms with Gasteiger partial charge in [-0.1, -0.05) is 12.5 Å². The van der Waals surface area contributed by atoms with Gasteiger partial charge in [-0.2, -0.15) is 0 Å². The van der Waals surface area contributed by atoms with Crippen LogP contribution in [0, 0.1) is 0 Å². The first kappa shape index (κ1) is 10.1. The Morgan fingerprint density at radius 3 is 2.57 bits per heavy atom. The second-order valence-corrected chi connectivity index (χ2v) is 7.20. The van der Waals surface area contributed by atoms with E-state index in [4.69, 9.17) is 5.73 Å². The van der Waals surface area contributed by atoms with Gasteiger partial charge < -0.3 is 5.73 Å². The van der Waals surface area contributed by atoms with Gasteiger partial charge in [0.1, 0.15) is 4.21 Å². The Bertz CT molecular complexity index is 399. The highest BCUT2D eigenvalue weighted by Crippen LogP contribution is 2.42. The van der Waals surface area contributed by atoms with Gasteiger partial charge in [0.2, 0.25) is 0 Å². The van der Waals surface area contributed by atoms with Crippen molar-refractivity contribution in [2.24, 2.45) is 5.73 Å². The molecule has 78 valence electrons. The summed E-state index contributed by atoms with van der Waals surface area (Å²) < 4.78 is 24.1. The Kier molecular flexibility index (Phi) is 2.41. The van der Waals surface area contributed by atoms with Crippen molar-refractivity contribution in [1.82, 2.24) is 0 Å². The lowest BCUT2D eigenvalue weighted by atomic mass is 9.84. The molecule has 5 heteroatoms. The zero-order valence-corrected chi connectivity index (χ0v) is 9.40. The fourth-order valence-corrected chi connectivity index (χ4v) is 5.17. The number of hydrogen-bond donors (Lipinski definition) is 1. The van der Waals surface area contributed by atoms with E-state index in [9.17, 15) is 8.42 Å². The van der Waals surface area contributed by atoms with Crippen LogP contribution < -0.4 is 5.73 Å². The van der Waals surface area contributed by atoms with E-state index >= 15 is 0 Å². The standard InChI is InChI=1S/C9H13NO2S2/c10-7-9(4-2-5-9)14(11,12)8-3-1-6-13-8/h1,3,6H,2,4-5,7,10H2. The molecule has 2 rings (SSSR count). The van der Waals surface area contributed by atoms with E-state index in [1.165, 1.54) is 11.3 Å². The topological polar surface area (TPSA) is 60.2 Å². The van der Waals surface area contributed by atoms with Gasteiger partial charge in [-0.05, 0) is 24.3 Å². The van der Waals surface area contributed by atoms with Gasteiger partial charge in [-0.3, -0.25) is 0 Å². The normalized spacial score (nSPS) is 20.4. The second kappa shape index (κ2) is 3.32. The van der Waals surface area contributed by atoms with Crippen molar-refractivity contribution in [2.45, 2.75) is 28.2 Å². The summed E-state index contributed by atoms with van der Waals surface area (Å²) in [6.07, 6.45) is 2.40. The first-order valence-corrected chi connectivity index (χ1v) is 6.97. The number of sulfone groups is 1. The Labute approximate surface area is 87.9 Å². The van der Waals surface area contributed by atoms with E-state index in [2.05, 4.69) is 0 Å². The van der Waals surface area contributed by atoms with Gasteiger partial charge in [0, 0.05) is 6.54 Å². The van der Waals surface area contributed by atoms with Crippen LogP contribution in [0.25, 0.3) is 0 Å². The molecule has 0 aliphatic heterocycles. The number of thiophene rings is 1. The zero-order chi connectivity index (χ0) is 10.2. The molecule has 1 fully saturated rings. The molecule has 3 nitrogen and oxygen atoms in total. The number of rotatable bonds is 3. The molecule has 0 radical (unpaired) electrons. The third-order valence-corrected chi connectivity index (χ3v) is 6.96. The van der Waals surface area contributed by atoms with Crippen LogP contribution in [0.15, 0.2) is 21.7 Å². The SMILES string of the molecule is NCC1(S(=O)(=O)c2cccs2)CCC1. The van der Waals surface area contributed by atoms with E-state index in [0.29, 0.717) is 17.1 Å². The first-order chi connectivity index (χ1) is 6.62. The van der Waals surface area contributed by atoms with Gasteiger partial charge in [-0.25, -0.2) is 8.42 Å². The molecule has 0 atom stereocenters. The molecule has 1 aromatic heterocycles. The maximum atomic E-state index is 12.2. The average molecular weight is 231 g/mol. The summed E-state index contributed by atoms with van der Waals surface area (Å²) >= 11 is 1.28. The highest BCUT2D eigenvalue weighted by atomic mass is 32.2. The third-order valence-electron chi connectivity index (χ3n) is 2.97. The van der Waals surface area contributed by atoms with E-state index in [1.807, 2.05) is 0 Å². The quantitative estimate of drug-likeness (QED) is 0.855. The molecule has 0 aromatic carbocycles. The van der Waals surface area contributed by atoms with Crippen molar-refractivity contribution in [3.8, 4) is 0 Å². The molecule has 1 aromatic rings. The van der Waals surface area contributed by atoms with Crippen molar-refractivity contribution in [3.05, 3.63) is 17.5 Å². The fraction of sp³-hybridized carbons (Fsp3) is 0.556. The van der Waals surface area contributed by atoms with E-state index < -0.39 is 14.6 Å². The Hall–Kier alpha value is -0.390. The summed E-state index contributed by atoms with van der Waals surface area (Å²) in [7, 11) is -3.18. The van der Waals surface area contributed by atoms with Crippen molar-refractivity contribution in [2.75, 3.05) is 6.54 Å². The summed E-state index contributed by atoms with van der Waals surface area (Å²) in [6.45, 7) is 0.243. The first-order valence-electron chi connectivity index (χ1n) is 4.61. The van der Waals surface area contributed by atoms with Gasteiger partial charge in [-0.15, -0.1) is 11.3 Å². The molecule has 1 aliphatic rings. The Morgan fingerprint density at radius 1 is 1.50 bits per heavy atom. The summed E-state index contributed by atoms with van der Waals surface area (Å²) in [5.74, 6) is 0. The van der Waals surface area contributed by atoms with Crippen molar-refractivity contribution in [3.63, 3.8) is 0 Å². The maximum absolute atomic E-state index is 12.2. The molecule has 0 spiro atoms. The number of hydrogen-bond acceptors (Lipinski definition) is 4. The monoisotopic (exact) mass is 231 g/mol. The summed E-state index contributed by atoms with van der Waals surface area (Å²) in [4.78, 5) is 0. The van der Waals surface area contributed by atoms with Crippen LogP contribution in [-0.4, -0.2) is 19.7 Å². The van der Waals surface area contributed by atoms with Gasteiger partial charge >= 0.3 is 0 Å². The third kappa shape index (κ3) is 1.23. The van der Waals surface area contributed by atoms with Crippen molar-refractivity contribution < 1.29 is 8.42 Å². The summed E-state index contributed by atoms with van der Waals surface area (Å²) in [5, 5.41) is 1.79. The molecule has 0 bridgehead atoms. The summed E-state index contributed by atoms with van der Waals surface area (Å²) in [5.41, 5.74) is 5.59. The largest absolute Gasteiger partial charge is 0.329 e. The molecule has 1 saturated carbocycles. The highest BCUT2D eigenvalue weighted by Gasteiger charge is 2.48. The second-order valence-electron chi connectivity index (χ2n) is 3.68. The maximum Gasteiger partial charge on any atom is 0.194 e. The Balaban J connectivity index is 2.42. The van der Waals surface area contributed by atoms with Crippen LogP contribution in [0.5, 0.6) is 0 Å². The zero-order valence-electron chi connectivity index (χ0n) is 7.77. The van der Waals surface area contributed by atoms with Crippen molar-refractivity contribution >= 4 is 21.2 Å². The molecule has 0 unspecified atom stereocenters. The minimum Gasteiger partial charge on any atom is -0.329 e. The predicted octanol–water partition coefficient (Wildman–Crippen LogP) is 1.40. The number of nitrogens with two attached hydrogens (primary N) is 1. The molecule has 0 amide bonds. The smallest absolute Gasteiger partial charge is 0.194 e. The lowest BCUT2D eigenvalue weighted by molar-refractivity contribution is 0.344. The molecule has 0 saturated heterocycles. The molecule has 14 heavy (non-hydrogen) atoms. The fourth-order valence-electron chi connectivity index (χ4n) is 1.78. The van der Waals surface area contributed by atoms with E-state index in [-0.39, 0.29) is 6.54 Å². The average Bonchev–Trinajstić information content (AvgIpc) is 2.53. The molecular formula is C9H13NO2S2. The van der Waals surface area contributed by atoms with Crippen LogP contribution in [0.3, 0.4) is 0 Å². The van der Waals surface area contributed by atoms with Crippen LogP contribution in [0.2, 0.25) is 0 Å². The molecular weight excluding hydrogens is 218 g/mol. The van der Waals surface area contributed by atoms with Crippen LogP contribution in [-0.2, 0) is 9.84 Å². The van der Waals surface area contributed by atoms with E-state index in [0.717, 1.165) is 6.42 Å². The van der Waals surface area contributed by atoms with Gasteiger partial charge in [0.15, 0.2) is 9.84 Å².